The summed E-state index contributed by atoms with van der Waals surface area (Å²) in [5.41, 5.74) is 12.8. The summed E-state index contributed by atoms with van der Waals surface area (Å²) < 4.78 is 8.62. The summed E-state index contributed by atoms with van der Waals surface area (Å²) in [6, 6.07) is 62.1. The summed E-state index contributed by atoms with van der Waals surface area (Å²) in [4.78, 5) is 12.2. The van der Waals surface area contributed by atoms with Gasteiger partial charge in [0, 0.05) is 73.9 Å². The van der Waals surface area contributed by atoms with Crippen LogP contribution in [0.5, 0.6) is 0 Å². The first-order chi connectivity index (χ1) is 28.8. The van der Waals surface area contributed by atoms with Gasteiger partial charge in [0.15, 0.2) is 0 Å². The lowest BCUT2D eigenvalue weighted by Gasteiger charge is -2.13. The average Bonchev–Trinajstić information content (AvgIpc) is 4.01. The van der Waals surface area contributed by atoms with Gasteiger partial charge in [0.2, 0.25) is 5.95 Å². The highest BCUT2D eigenvalue weighted by Crippen LogP contribution is 2.52. The Morgan fingerprint density at radius 3 is 1.88 bits per heavy atom. The molecule has 1 aliphatic heterocycles. The van der Waals surface area contributed by atoms with E-state index >= 15 is 0 Å². The largest absolute Gasteiger partial charge is 0.308 e. The van der Waals surface area contributed by atoms with Gasteiger partial charge in [-0.15, -0.1) is 22.7 Å². The van der Waals surface area contributed by atoms with Crippen molar-refractivity contribution in [3.63, 3.8) is 0 Å². The van der Waals surface area contributed by atoms with Crippen molar-refractivity contribution >= 4 is 107 Å². The molecule has 6 heteroatoms. The molecule has 4 nitrogen and oxygen atoms in total. The van der Waals surface area contributed by atoms with Crippen molar-refractivity contribution in [1.29, 1.82) is 0 Å². The molecule has 0 bridgehead atoms. The van der Waals surface area contributed by atoms with Crippen LogP contribution in [0.4, 0.5) is 0 Å². The monoisotopic (exact) mass is 772 g/mol. The number of nitrogens with zero attached hydrogens (tertiary/aromatic N) is 4. The third-order valence-electron chi connectivity index (χ3n) is 12.3. The molecule has 6 heterocycles. The van der Waals surface area contributed by atoms with Crippen molar-refractivity contribution in [2.45, 2.75) is 0 Å². The minimum Gasteiger partial charge on any atom is -0.308 e. The van der Waals surface area contributed by atoms with Gasteiger partial charge < -0.3 is 4.57 Å². The Morgan fingerprint density at radius 2 is 1.03 bits per heavy atom. The zero-order valence-corrected chi connectivity index (χ0v) is 32.4. The molecule has 0 spiro atoms. The van der Waals surface area contributed by atoms with E-state index in [-0.39, 0.29) is 0 Å². The first-order valence-corrected chi connectivity index (χ1v) is 21.2. The number of rotatable bonds is 2. The summed E-state index contributed by atoms with van der Waals surface area (Å²) in [7, 11) is 0. The molecule has 0 atom stereocenters. The minimum absolute atomic E-state index is 0.677. The van der Waals surface area contributed by atoms with Gasteiger partial charge in [-0.3, -0.25) is 4.57 Å². The third-order valence-corrected chi connectivity index (χ3v) is 14.5. The van der Waals surface area contributed by atoms with Crippen molar-refractivity contribution in [2.24, 2.45) is 0 Å². The molecule has 0 N–H and O–H groups in total. The van der Waals surface area contributed by atoms with Crippen LogP contribution in [-0.4, -0.2) is 19.1 Å². The van der Waals surface area contributed by atoms with Gasteiger partial charge in [-0.05, 0) is 59.7 Å². The Hall–Kier alpha value is -7.12. The van der Waals surface area contributed by atoms with Crippen LogP contribution < -0.4 is 0 Å². The highest BCUT2D eigenvalue weighted by molar-refractivity contribution is 7.26. The van der Waals surface area contributed by atoms with Crippen molar-refractivity contribution in [3.8, 4) is 45.1 Å². The van der Waals surface area contributed by atoms with Gasteiger partial charge >= 0.3 is 0 Å². The molecule has 0 saturated heterocycles. The third kappa shape index (κ3) is 3.98. The smallest absolute Gasteiger partial charge is 0.236 e. The van der Waals surface area contributed by atoms with E-state index in [2.05, 4.69) is 179 Å². The number of thiophene rings is 2. The molecular formula is C52H28N4S2. The lowest BCUT2D eigenvalue weighted by Crippen LogP contribution is -2.03. The fraction of sp³-hybridized carbons (Fsp3) is 0. The van der Waals surface area contributed by atoms with Gasteiger partial charge in [0.25, 0.3) is 0 Å². The van der Waals surface area contributed by atoms with E-state index in [4.69, 9.17) is 9.97 Å². The van der Waals surface area contributed by atoms with E-state index in [1.807, 2.05) is 11.3 Å². The van der Waals surface area contributed by atoms with Crippen LogP contribution in [0.1, 0.15) is 0 Å². The lowest BCUT2D eigenvalue weighted by molar-refractivity contribution is 1.02. The summed E-state index contributed by atoms with van der Waals surface area (Å²) in [6.07, 6.45) is 0. The van der Waals surface area contributed by atoms with Gasteiger partial charge in [0.05, 0.1) is 33.4 Å². The van der Waals surface area contributed by atoms with Crippen LogP contribution in [0.3, 0.4) is 0 Å². The second kappa shape index (κ2) is 11.3. The van der Waals surface area contributed by atoms with Crippen molar-refractivity contribution in [1.82, 2.24) is 19.1 Å². The number of hydrogen-bond donors (Lipinski definition) is 0. The quantitative estimate of drug-likeness (QED) is 0.175. The van der Waals surface area contributed by atoms with Gasteiger partial charge in [-0.25, -0.2) is 9.97 Å². The summed E-state index contributed by atoms with van der Waals surface area (Å²) in [5, 5.41) is 9.66. The average molecular weight is 773 g/mol. The maximum Gasteiger partial charge on any atom is 0.236 e. The van der Waals surface area contributed by atoms with Crippen LogP contribution in [0.2, 0.25) is 0 Å². The van der Waals surface area contributed by atoms with Crippen LogP contribution in [0.25, 0.3) is 129 Å². The molecule has 13 aromatic rings. The number of para-hydroxylation sites is 3. The second-order valence-electron chi connectivity index (χ2n) is 15.3. The highest BCUT2D eigenvalue weighted by Gasteiger charge is 2.29. The number of hydrogen-bond acceptors (Lipinski definition) is 4. The fourth-order valence-electron chi connectivity index (χ4n) is 9.93. The van der Waals surface area contributed by atoms with Crippen molar-refractivity contribution in [3.05, 3.63) is 170 Å². The highest BCUT2D eigenvalue weighted by atomic mass is 32.1. The predicted molar refractivity (Wildman–Crippen MR) is 246 cm³/mol. The molecule has 5 aromatic heterocycles. The summed E-state index contributed by atoms with van der Waals surface area (Å²) >= 11 is 3.59. The van der Waals surface area contributed by atoms with Crippen LogP contribution in [0.15, 0.2) is 170 Å². The van der Waals surface area contributed by atoms with Crippen molar-refractivity contribution < 1.29 is 0 Å². The summed E-state index contributed by atoms with van der Waals surface area (Å²) in [5.74, 6) is 0.677. The molecule has 0 fully saturated rings. The second-order valence-corrected chi connectivity index (χ2v) is 17.4. The molecule has 0 saturated carbocycles. The van der Waals surface area contributed by atoms with Crippen LogP contribution in [-0.2, 0) is 0 Å². The Balaban J connectivity index is 1.16. The molecule has 14 rings (SSSR count). The molecular weight excluding hydrogens is 745 g/mol. The molecule has 58 heavy (non-hydrogen) atoms. The Morgan fingerprint density at radius 1 is 0.397 bits per heavy atom. The van der Waals surface area contributed by atoms with E-state index < -0.39 is 0 Å². The van der Waals surface area contributed by atoms with Gasteiger partial charge in [0.1, 0.15) is 4.83 Å². The van der Waals surface area contributed by atoms with E-state index in [1.54, 1.807) is 11.3 Å². The topological polar surface area (TPSA) is 35.6 Å². The van der Waals surface area contributed by atoms with Gasteiger partial charge in [-0.2, -0.15) is 0 Å². The Bertz CT molecular complexity index is 3930. The van der Waals surface area contributed by atoms with Gasteiger partial charge in [-0.1, -0.05) is 121 Å². The normalized spacial score (nSPS) is 12.5. The number of aromatic nitrogens is 4. The molecule has 0 radical (unpaired) electrons. The SMILES string of the molecule is c1ccc2c(c1)-c1ccccc1-n1c3ccccc3c3cc4c(c-2c31)c1ccccc1n4-c1nc(-c2ccc3sc4ccccc4c3c2)c2c(n1)sc1ccccc12. The standard InChI is InChI=1S/C52H28N4S2/c1-2-17-34-30(13-1)31-14-3-8-20-39(31)55-40-21-9-4-15-32(40)38-28-42-46(47(34)50(38)55)35-18-5-10-22-41(35)56(42)52-53-49(48-36-19-7-12-24-44(36)58-51(48)54-52)29-25-26-45-37(27-29)33-16-6-11-23-43(33)57-45/h1-28H. The Kier molecular flexibility index (Phi) is 6.02. The molecule has 0 unspecified atom stereocenters. The number of benzene rings is 8. The van der Waals surface area contributed by atoms with Crippen LogP contribution in [0, 0.1) is 0 Å². The van der Waals surface area contributed by atoms with E-state index in [1.165, 1.54) is 90.8 Å². The summed E-state index contributed by atoms with van der Waals surface area (Å²) in [6.45, 7) is 0. The Labute approximate surface area is 339 Å². The molecule has 268 valence electrons. The lowest BCUT2D eigenvalue weighted by atomic mass is 9.91. The molecule has 8 aromatic carbocycles. The van der Waals surface area contributed by atoms with E-state index in [9.17, 15) is 0 Å². The number of fused-ring (bicyclic) bond motifs is 18. The first-order valence-electron chi connectivity index (χ1n) is 19.6. The maximum absolute atomic E-state index is 5.68. The van der Waals surface area contributed by atoms with Crippen molar-refractivity contribution in [2.75, 3.05) is 0 Å². The minimum atomic E-state index is 0.677. The van der Waals surface area contributed by atoms with Crippen LogP contribution >= 0.6 is 22.7 Å². The zero-order chi connectivity index (χ0) is 37.6. The van der Waals surface area contributed by atoms with E-state index in [0.717, 1.165) is 32.5 Å². The predicted octanol–water partition coefficient (Wildman–Crippen LogP) is 14.7. The van der Waals surface area contributed by atoms with E-state index in [0.29, 0.717) is 5.95 Å². The first kappa shape index (κ1) is 31.0. The fourth-order valence-corrected chi connectivity index (χ4v) is 12.1. The molecule has 0 aliphatic carbocycles. The maximum atomic E-state index is 5.68. The zero-order valence-electron chi connectivity index (χ0n) is 30.8. The molecule has 1 aliphatic rings. The molecule has 0 amide bonds.